The molecule has 2 rings (SSSR count). The summed E-state index contributed by atoms with van der Waals surface area (Å²) in [5, 5.41) is 0. The van der Waals surface area contributed by atoms with Crippen LogP contribution in [0.5, 0.6) is 0 Å². The molecule has 0 bridgehead atoms. The lowest BCUT2D eigenvalue weighted by Gasteiger charge is -2.32. The van der Waals surface area contributed by atoms with Crippen LogP contribution in [0.2, 0.25) is 0 Å². The molecule has 0 aromatic rings. The van der Waals surface area contributed by atoms with Gasteiger partial charge >= 0.3 is 0 Å². The van der Waals surface area contributed by atoms with Crippen LogP contribution in [-0.2, 0) is 9.84 Å². The van der Waals surface area contributed by atoms with Gasteiger partial charge in [0.1, 0.15) is 9.84 Å². The molecule has 0 spiro atoms. The van der Waals surface area contributed by atoms with E-state index in [1.54, 1.807) is 0 Å². The van der Waals surface area contributed by atoms with Crippen LogP contribution in [0.1, 0.15) is 32.6 Å². The van der Waals surface area contributed by atoms with E-state index in [4.69, 9.17) is 5.73 Å². The molecule has 0 radical (unpaired) electrons. The Morgan fingerprint density at radius 3 is 2.55 bits per heavy atom. The zero-order valence-corrected chi connectivity index (χ0v) is 15.3. The van der Waals surface area contributed by atoms with E-state index in [0.717, 1.165) is 25.9 Å². The van der Waals surface area contributed by atoms with Crippen molar-refractivity contribution in [3.8, 4) is 0 Å². The minimum absolute atomic E-state index is 0. The average molecular weight is 415 g/mol. The monoisotopic (exact) mass is 415 g/mol. The molecular weight excluding hydrogens is 389 g/mol. The number of piperidine rings is 1. The van der Waals surface area contributed by atoms with Gasteiger partial charge in [0.25, 0.3) is 0 Å². The van der Waals surface area contributed by atoms with Gasteiger partial charge in [0.05, 0.1) is 11.5 Å². The summed E-state index contributed by atoms with van der Waals surface area (Å²) in [7, 11) is -2.77. The van der Waals surface area contributed by atoms with E-state index in [2.05, 4.69) is 16.8 Å². The van der Waals surface area contributed by atoms with E-state index >= 15 is 0 Å². The van der Waals surface area contributed by atoms with Crippen molar-refractivity contribution < 1.29 is 8.42 Å². The highest BCUT2D eigenvalue weighted by Crippen LogP contribution is 2.19. The fraction of sp³-hybridized carbons (Fsp3) is 0.923. The van der Waals surface area contributed by atoms with Gasteiger partial charge in [-0.1, -0.05) is 6.92 Å². The second-order valence-electron chi connectivity index (χ2n) is 5.99. The van der Waals surface area contributed by atoms with Crippen molar-refractivity contribution in [1.82, 2.24) is 4.90 Å². The summed E-state index contributed by atoms with van der Waals surface area (Å²) in [6.07, 6.45) is 3.91. The summed E-state index contributed by atoms with van der Waals surface area (Å²) in [5.41, 5.74) is 6.04. The van der Waals surface area contributed by atoms with Crippen molar-refractivity contribution in [2.24, 2.45) is 22.6 Å². The highest BCUT2D eigenvalue weighted by Gasteiger charge is 2.24. The Balaban J connectivity index is 0.00000200. The van der Waals surface area contributed by atoms with Crippen LogP contribution in [0, 0.1) is 11.8 Å². The minimum Gasteiger partial charge on any atom is -0.370 e. The maximum Gasteiger partial charge on any atom is 0.191 e. The molecule has 2 N–H and O–H groups in total. The Hall–Kier alpha value is -0.0500. The predicted octanol–water partition coefficient (Wildman–Crippen LogP) is 1.48. The van der Waals surface area contributed by atoms with E-state index in [0.29, 0.717) is 35.8 Å². The van der Waals surface area contributed by atoms with Crippen molar-refractivity contribution >= 4 is 39.8 Å². The number of nitrogens with zero attached hydrogens (tertiary/aromatic N) is 2. The molecule has 5 nitrogen and oxygen atoms in total. The predicted molar refractivity (Wildman–Crippen MR) is 93.3 cm³/mol. The maximum absolute atomic E-state index is 11.3. The Labute approximate surface area is 139 Å². The molecule has 1 atom stereocenters. The molecule has 2 fully saturated rings. The molecule has 2 aliphatic heterocycles. The van der Waals surface area contributed by atoms with Gasteiger partial charge in [0.15, 0.2) is 5.96 Å². The average Bonchev–Trinajstić information content (AvgIpc) is 2.37. The van der Waals surface area contributed by atoms with Crippen molar-refractivity contribution in [1.29, 1.82) is 0 Å². The molecule has 1 unspecified atom stereocenters. The van der Waals surface area contributed by atoms with Gasteiger partial charge in [0.2, 0.25) is 0 Å². The molecule has 0 amide bonds. The van der Waals surface area contributed by atoms with Crippen LogP contribution in [0.4, 0.5) is 0 Å². The summed E-state index contributed by atoms with van der Waals surface area (Å²) in [4.78, 5) is 6.64. The summed E-state index contributed by atoms with van der Waals surface area (Å²) in [5.74, 6) is 2.33. The third-order valence-corrected chi connectivity index (χ3v) is 5.88. The van der Waals surface area contributed by atoms with Crippen molar-refractivity contribution in [3.63, 3.8) is 0 Å². The first-order chi connectivity index (χ1) is 8.96. The Bertz CT molecular complexity index is 425. The Morgan fingerprint density at radius 1 is 1.30 bits per heavy atom. The lowest BCUT2D eigenvalue weighted by atomic mass is 10.0. The number of hydrogen-bond acceptors (Lipinski definition) is 3. The molecule has 0 aromatic carbocycles. The molecule has 2 saturated heterocycles. The summed E-state index contributed by atoms with van der Waals surface area (Å²) in [6.45, 7) is 4.91. The maximum atomic E-state index is 11.3. The van der Waals surface area contributed by atoms with Gasteiger partial charge in [-0.25, -0.2) is 8.42 Å². The first kappa shape index (κ1) is 18.0. The second-order valence-corrected chi connectivity index (χ2v) is 8.29. The van der Waals surface area contributed by atoms with Gasteiger partial charge in [-0.15, -0.1) is 24.0 Å². The Morgan fingerprint density at radius 2 is 1.95 bits per heavy atom. The van der Waals surface area contributed by atoms with Crippen LogP contribution in [0.25, 0.3) is 0 Å². The zero-order valence-electron chi connectivity index (χ0n) is 12.1. The zero-order chi connectivity index (χ0) is 13.9. The molecule has 0 saturated carbocycles. The van der Waals surface area contributed by atoms with Gasteiger partial charge in [-0.3, -0.25) is 4.99 Å². The van der Waals surface area contributed by atoms with Crippen LogP contribution < -0.4 is 5.73 Å². The minimum atomic E-state index is -2.77. The number of nitrogens with two attached hydrogens (primary N) is 1. The lowest BCUT2D eigenvalue weighted by molar-refractivity contribution is 0.270. The third kappa shape index (κ3) is 5.38. The number of sulfone groups is 1. The normalized spacial score (nSPS) is 27.9. The van der Waals surface area contributed by atoms with E-state index in [9.17, 15) is 8.42 Å². The summed E-state index contributed by atoms with van der Waals surface area (Å²) >= 11 is 0. The topological polar surface area (TPSA) is 75.8 Å². The van der Waals surface area contributed by atoms with Gasteiger partial charge in [-0.05, 0) is 37.5 Å². The largest absolute Gasteiger partial charge is 0.370 e. The van der Waals surface area contributed by atoms with Gasteiger partial charge in [0, 0.05) is 19.6 Å². The smallest absolute Gasteiger partial charge is 0.191 e. The molecule has 20 heavy (non-hydrogen) atoms. The highest BCUT2D eigenvalue weighted by atomic mass is 127. The number of halogens is 1. The number of rotatable bonds is 2. The van der Waals surface area contributed by atoms with Gasteiger partial charge in [-0.2, -0.15) is 0 Å². The second kappa shape index (κ2) is 7.82. The molecule has 0 aliphatic carbocycles. The van der Waals surface area contributed by atoms with E-state index < -0.39 is 9.84 Å². The van der Waals surface area contributed by atoms with Crippen molar-refractivity contribution in [2.45, 2.75) is 32.6 Å². The number of likely N-dealkylation sites (tertiary alicyclic amines) is 1. The lowest BCUT2D eigenvalue weighted by Crippen LogP contribution is -2.43. The van der Waals surface area contributed by atoms with E-state index in [1.807, 2.05) is 0 Å². The Kier molecular flexibility index (Phi) is 7.03. The first-order valence-electron chi connectivity index (χ1n) is 7.21. The van der Waals surface area contributed by atoms with Crippen molar-refractivity contribution in [3.05, 3.63) is 0 Å². The number of hydrogen-bond donors (Lipinski definition) is 1. The van der Waals surface area contributed by atoms with E-state index in [-0.39, 0.29) is 24.0 Å². The summed E-state index contributed by atoms with van der Waals surface area (Å²) in [6, 6.07) is 0. The molecule has 7 heteroatoms. The fourth-order valence-corrected chi connectivity index (χ4v) is 4.43. The number of guanidine groups is 1. The standard InChI is InChI=1S/C13H25N3O2S.HI/c1-11-3-2-6-16(10-11)13(14)15-9-12-4-7-19(17,18)8-5-12;/h11-12H,2-10H2,1H3,(H2,14,15);1H. The SMILES string of the molecule is CC1CCCN(C(N)=NCC2CCS(=O)(=O)CC2)C1.I. The van der Waals surface area contributed by atoms with Crippen LogP contribution in [0.3, 0.4) is 0 Å². The van der Waals surface area contributed by atoms with Crippen LogP contribution in [0.15, 0.2) is 4.99 Å². The third-order valence-electron chi connectivity index (χ3n) is 4.17. The van der Waals surface area contributed by atoms with Crippen LogP contribution in [-0.4, -0.2) is 50.4 Å². The molecular formula is C13H26IN3O2S. The molecule has 2 aliphatic rings. The fourth-order valence-electron chi connectivity index (χ4n) is 2.84. The number of aliphatic imine (C=N–C) groups is 1. The van der Waals surface area contributed by atoms with E-state index in [1.165, 1.54) is 12.8 Å². The molecule has 0 aromatic heterocycles. The molecule has 2 heterocycles. The van der Waals surface area contributed by atoms with Crippen molar-refractivity contribution in [2.75, 3.05) is 31.1 Å². The molecule has 118 valence electrons. The summed E-state index contributed by atoms with van der Waals surface area (Å²) < 4.78 is 22.7. The van der Waals surface area contributed by atoms with Gasteiger partial charge < -0.3 is 10.6 Å². The first-order valence-corrected chi connectivity index (χ1v) is 9.04. The van der Waals surface area contributed by atoms with Crippen LogP contribution >= 0.6 is 24.0 Å². The highest BCUT2D eigenvalue weighted by molar-refractivity contribution is 14.0. The quantitative estimate of drug-likeness (QED) is 0.421.